The fourth-order valence-corrected chi connectivity index (χ4v) is 4.27. The molecule has 32 heavy (non-hydrogen) atoms. The molecule has 0 radical (unpaired) electrons. The van der Waals surface area contributed by atoms with Crippen LogP contribution in [-0.2, 0) is 25.7 Å². The Kier molecular flexibility index (Phi) is 7.50. The van der Waals surface area contributed by atoms with Crippen molar-refractivity contribution in [1.82, 2.24) is 9.88 Å². The molecule has 1 aromatic heterocycles. The Labute approximate surface area is 192 Å². The summed E-state index contributed by atoms with van der Waals surface area (Å²) in [5, 5.41) is 2.29. The molecule has 9 heteroatoms. The van der Waals surface area contributed by atoms with Crippen LogP contribution < -0.4 is 4.90 Å². The van der Waals surface area contributed by atoms with Crippen LogP contribution in [0.25, 0.3) is 0 Å². The molecule has 1 fully saturated rings. The summed E-state index contributed by atoms with van der Waals surface area (Å²) in [6, 6.07) is 9.26. The molecule has 172 valence electrons. The molecule has 1 aromatic carbocycles. The van der Waals surface area contributed by atoms with E-state index in [4.69, 9.17) is 9.47 Å². The number of thiazole rings is 1. The van der Waals surface area contributed by atoms with Gasteiger partial charge in [0.25, 0.3) is 0 Å². The molecule has 1 atom stereocenters. The first kappa shape index (κ1) is 23.7. The largest absolute Gasteiger partial charge is 0.459 e. The van der Waals surface area contributed by atoms with Crippen molar-refractivity contribution in [3.63, 3.8) is 0 Å². The van der Waals surface area contributed by atoms with Gasteiger partial charge in [-0.15, -0.1) is 11.3 Å². The highest BCUT2D eigenvalue weighted by Crippen LogP contribution is 2.29. The summed E-state index contributed by atoms with van der Waals surface area (Å²) in [5.74, 6) is -0.912. The van der Waals surface area contributed by atoms with Gasteiger partial charge >= 0.3 is 12.1 Å². The minimum Gasteiger partial charge on any atom is -0.459 e. The second-order valence-electron chi connectivity index (χ2n) is 8.68. The van der Waals surface area contributed by atoms with Crippen LogP contribution in [-0.4, -0.2) is 46.5 Å². The number of ether oxygens (including phenoxy) is 2. The highest BCUT2D eigenvalue weighted by Gasteiger charge is 2.32. The topological polar surface area (TPSA) is 89.0 Å². The van der Waals surface area contributed by atoms with E-state index in [0.29, 0.717) is 30.2 Å². The van der Waals surface area contributed by atoms with Crippen molar-refractivity contribution in [2.75, 3.05) is 18.0 Å². The molecule has 2 heterocycles. The van der Waals surface area contributed by atoms with Gasteiger partial charge in [0.05, 0.1) is 17.3 Å². The number of esters is 1. The van der Waals surface area contributed by atoms with Gasteiger partial charge in [0.2, 0.25) is 5.91 Å². The van der Waals surface area contributed by atoms with Gasteiger partial charge in [0.1, 0.15) is 12.2 Å². The fraction of sp³-hybridized carbons (Fsp3) is 0.478. The van der Waals surface area contributed by atoms with Crippen molar-refractivity contribution in [2.45, 2.75) is 52.7 Å². The van der Waals surface area contributed by atoms with Crippen molar-refractivity contribution in [3.05, 3.63) is 41.4 Å². The van der Waals surface area contributed by atoms with Crippen LogP contribution in [0, 0.1) is 5.92 Å². The Morgan fingerprint density at radius 2 is 1.94 bits per heavy atom. The van der Waals surface area contributed by atoms with E-state index < -0.39 is 17.6 Å². The van der Waals surface area contributed by atoms with Gasteiger partial charge < -0.3 is 14.4 Å². The minimum atomic E-state index is -0.583. The first-order chi connectivity index (χ1) is 15.1. The maximum atomic E-state index is 12.6. The summed E-state index contributed by atoms with van der Waals surface area (Å²) in [5.41, 5.74) is 0.711. The lowest BCUT2D eigenvalue weighted by Crippen LogP contribution is -2.45. The van der Waals surface area contributed by atoms with Gasteiger partial charge in [-0.1, -0.05) is 18.2 Å². The van der Waals surface area contributed by atoms with Crippen LogP contribution in [0.15, 0.2) is 35.7 Å². The van der Waals surface area contributed by atoms with E-state index in [2.05, 4.69) is 4.98 Å². The summed E-state index contributed by atoms with van der Waals surface area (Å²) in [6.45, 7) is 7.78. The number of nitrogens with zero attached hydrogens (tertiary/aromatic N) is 3. The minimum absolute atomic E-state index is 0.0127. The number of carbonyl (C=O) groups is 3. The van der Waals surface area contributed by atoms with Gasteiger partial charge in [-0.25, -0.2) is 9.78 Å². The number of rotatable bonds is 5. The SMILES string of the molecule is CC(=O)N(c1ccccc1)c1nc(COC(=O)C2CCCN(C(=O)OC(C)(C)C)C2)cs1. The van der Waals surface area contributed by atoms with Gasteiger partial charge in [-0.2, -0.15) is 0 Å². The van der Waals surface area contributed by atoms with Crippen molar-refractivity contribution in [1.29, 1.82) is 0 Å². The third-order valence-corrected chi connectivity index (χ3v) is 5.70. The average Bonchev–Trinajstić information content (AvgIpc) is 3.20. The van der Waals surface area contributed by atoms with Crippen LogP contribution >= 0.6 is 11.3 Å². The van der Waals surface area contributed by atoms with Crippen LogP contribution in [0.5, 0.6) is 0 Å². The molecule has 0 aliphatic carbocycles. The standard InChI is InChI=1S/C23H29N3O5S/c1-16(27)26(19-10-6-5-7-11-19)21-24-18(15-32-21)14-30-20(28)17-9-8-12-25(13-17)22(29)31-23(2,3)4/h5-7,10-11,15,17H,8-9,12-14H2,1-4H3. The van der Waals surface area contributed by atoms with E-state index in [1.54, 1.807) is 10.3 Å². The molecule has 3 rings (SSSR count). The van der Waals surface area contributed by atoms with E-state index in [0.717, 1.165) is 5.69 Å². The highest BCUT2D eigenvalue weighted by molar-refractivity contribution is 7.14. The highest BCUT2D eigenvalue weighted by atomic mass is 32.1. The van der Waals surface area contributed by atoms with E-state index in [-0.39, 0.29) is 25.0 Å². The Balaban J connectivity index is 1.58. The van der Waals surface area contributed by atoms with E-state index in [1.165, 1.54) is 23.2 Å². The molecular weight excluding hydrogens is 430 g/mol. The predicted molar refractivity (Wildman–Crippen MR) is 122 cm³/mol. The molecule has 0 bridgehead atoms. The third kappa shape index (κ3) is 6.29. The molecule has 1 unspecified atom stereocenters. The summed E-state index contributed by atoms with van der Waals surface area (Å²) in [4.78, 5) is 44.6. The molecule has 0 N–H and O–H groups in total. The Bertz CT molecular complexity index is 954. The van der Waals surface area contributed by atoms with Gasteiger partial charge in [-0.05, 0) is 45.7 Å². The first-order valence-corrected chi connectivity index (χ1v) is 11.5. The number of para-hydroxylation sites is 1. The van der Waals surface area contributed by atoms with Crippen LogP contribution in [0.4, 0.5) is 15.6 Å². The number of amides is 2. The number of benzene rings is 1. The summed E-state index contributed by atoms with van der Waals surface area (Å²) in [6.07, 6.45) is 0.959. The molecule has 0 saturated carbocycles. The van der Waals surface area contributed by atoms with Crippen LogP contribution in [0.1, 0.15) is 46.2 Å². The first-order valence-electron chi connectivity index (χ1n) is 10.6. The number of piperidine rings is 1. The molecule has 8 nitrogen and oxygen atoms in total. The molecule has 2 aromatic rings. The number of anilines is 2. The Hall–Kier alpha value is -2.94. The second-order valence-corrected chi connectivity index (χ2v) is 9.52. The summed E-state index contributed by atoms with van der Waals surface area (Å²) < 4.78 is 10.9. The smallest absolute Gasteiger partial charge is 0.410 e. The molecule has 1 saturated heterocycles. The van der Waals surface area contributed by atoms with Crippen LogP contribution in [0.3, 0.4) is 0 Å². The number of hydrogen-bond donors (Lipinski definition) is 0. The van der Waals surface area contributed by atoms with Crippen molar-refractivity contribution in [3.8, 4) is 0 Å². The number of hydrogen-bond acceptors (Lipinski definition) is 7. The molecule has 1 aliphatic rings. The zero-order valence-corrected chi connectivity index (χ0v) is 19.7. The summed E-state index contributed by atoms with van der Waals surface area (Å²) >= 11 is 1.31. The number of carbonyl (C=O) groups excluding carboxylic acids is 3. The zero-order valence-electron chi connectivity index (χ0n) is 18.9. The Morgan fingerprint density at radius 3 is 2.59 bits per heavy atom. The lowest BCUT2D eigenvalue weighted by atomic mass is 9.98. The molecule has 2 amide bonds. The Morgan fingerprint density at radius 1 is 1.22 bits per heavy atom. The van der Waals surface area contributed by atoms with Crippen LogP contribution in [0.2, 0.25) is 0 Å². The van der Waals surface area contributed by atoms with E-state index >= 15 is 0 Å². The predicted octanol–water partition coefficient (Wildman–Crippen LogP) is 4.52. The van der Waals surface area contributed by atoms with Gasteiger partial charge in [0, 0.05) is 25.4 Å². The van der Waals surface area contributed by atoms with Gasteiger partial charge in [-0.3, -0.25) is 14.5 Å². The van der Waals surface area contributed by atoms with Crippen molar-refractivity contribution < 1.29 is 23.9 Å². The number of likely N-dealkylation sites (tertiary alicyclic amines) is 1. The second kappa shape index (κ2) is 10.1. The maximum Gasteiger partial charge on any atom is 0.410 e. The lowest BCUT2D eigenvalue weighted by molar-refractivity contribution is -0.151. The fourth-order valence-electron chi connectivity index (χ4n) is 3.39. The van der Waals surface area contributed by atoms with E-state index in [9.17, 15) is 14.4 Å². The van der Waals surface area contributed by atoms with Crippen molar-refractivity contribution >= 4 is 40.1 Å². The average molecular weight is 460 g/mol. The third-order valence-electron chi connectivity index (χ3n) is 4.83. The van der Waals surface area contributed by atoms with Gasteiger partial charge in [0.15, 0.2) is 5.13 Å². The lowest BCUT2D eigenvalue weighted by Gasteiger charge is -2.33. The molecular formula is C23H29N3O5S. The quantitative estimate of drug-likeness (QED) is 0.611. The summed E-state index contributed by atoms with van der Waals surface area (Å²) in [7, 11) is 0. The van der Waals surface area contributed by atoms with Crippen molar-refractivity contribution in [2.24, 2.45) is 5.92 Å². The van der Waals surface area contributed by atoms with E-state index in [1.807, 2.05) is 51.1 Å². The zero-order chi connectivity index (χ0) is 23.3. The molecule has 1 aliphatic heterocycles. The maximum absolute atomic E-state index is 12.6. The monoisotopic (exact) mass is 459 g/mol. The molecule has 0 spiro atoms. The number of aromatic nitrogens is 1. The normalized spacial score (nSPS) is 16.4.